The number of carbonyl (C=O) groups is 2. The van der Waals surface area contributed by atoms with E-state index in [0.29, 0.717) is 18.4 Å². The number of hydrogen-bond donors (Lipinski definition) is 0. The van der Waals surface area contributed by atoms with Crippen LogP contribution in [0.2, 0.25) is 0 Å². The lowest BCUT2D eigenvalue weighted by Gasteiger charge is -2.35. The number of rotatable bonds is 4. The standard InChI is InChI=1S/C17H22O3/c1-12(2)5-4-9-17(3)10-8-14-15(20-17)7-6-13(11-18)16(14)19/h5,8,10-11,13H,4,6-7,9H2,1-3H3. The van der Waals surface area contributed by atoms with Crippen LogP contribution < -0.4 is 0 Å². The van der Waals surface area contributed by atoms with Gasteiger partial charge >= 0.3 is 0 Å². The lowest BCUT2D eigenvalue weighted by Crippen LogP contribution is -2.33. The minimum absolute atomic E-state index is 0.0937. The topological polar surface area (TPSA) is 43.4 Å². The second kappa shape index (κ2) is 5.78. The van der Waals surface area contributed by atoms with Crippen LogP contribution in [0.3, 0.4) is 0 Å². The van der Waals surface area contributed by atoms with Crippen LogP contribution in [0.15, 0.2) is 35.1 Å². The lowest BCUT2D eigenvalue weighted by molar-refractivity contribution is -0.125. The predicted molar refractivity (Wildman–Crippen MR) is 78.1 cm³/mol. The summed E-state index contributed by atoms with van der Waals surface area (Å²) in [7, 11) is 0. The first kappa shape index (κ1) is 14.8. The van der Waals surface area contributed by atoms with Gasteiger partial charge in [0.2, 0.25) is 0 Å². The second-order valence-electron chi connectivity index (χ2n) is 6.05. The van der Waals surface area contributed by atoms with E-state index in [1.165, 1.54) is 5.57 Å². The maximum absolute atomic E-state index is 12.1. The lowest BCUT2D eigenvalue weighted by atomic mass is 9.84. The Hall–Kier alpha value is -1.64. The average molecular weight is 274 g/mol. The van der Waals surface area contributed by atoms with Crippen molar-refractivity contribution in [2.75, 3.05) is 0 Å². The molecule has 0 aromatic carbocycles. The molecule has 1 aliphatic carbocycles. The van der Waals surface area contributed by atoms with E-state index < -0.39 is 5.92 Å². The molecule has 0 radical (unpaired) electrons. The van der Waals surface area contributed by atoms with Crippen molar-refractivity contribution in [2.24, 2.45) is 5.92 Å². The van der Waals surface area contributed by atoms with Crippen LogP contribution >= 0.6 is 0 Å². The Labute approximate surface area is 120 Å². The fourth-order valence-corrected chi connectivity index (χ4v) is 2.66. The van der Waals surface area contributed by atoms with Crippen LogP contribution in [-0.2, 0) is 14.3 Å². The zero-order valence-electron chi connectivity index (χ0n) is 12.4. The van der Waals surface area contributed by atoms with Crippen LogP contribution in [0.4, 0.5) is 0 Å². The Bertz CT molecular complexity index is 506. The van der Waals surface area contributed by atoms with Gasteiger partial charge in [-0.05, 0) is 52.2 Å². The maximum atomic E-state index is 12.1. The molecular formula is C17H22O3. The molecule has 0 aromatic heterocycles. The molecule has 0 bridgehead atoms. The molecule has 1 aliphatic heterocycles. The van der Waals surface area contributed by atoms with Gasteiger partial charge in [-0.15, -0.1) is 0 Å². The molecule has 20 heavy (non-hydrogen) atoms. The van der Waals surface area contributed by atoms with Crippen LogP contribution in [0.1, 0.15) is 46.5 Å². The average Bonchev–Trinajstić information content (AvgIpc) is 2.38. The van der Waals surface area contributed by atoms with E-state index in [9.17, 15) is 9.59 Å². The highest BCUT2D eigenvalue weighted by molar-refractivity contribution is 6.07. The normalized spacial score (nSPS) is 28.8. The van der Waals surface area contributed by atoms with Gasteiger partial charge in [-0.25, -0.2) is 0 Å². The third kappa shape index (κ3) is 3.09. The number of Topliss-reactive ketones (excluding diaryl/α,β-unsaturated/α-hetero) is 1. The van der Waals surface area contributed by atoms with Gasteiger partial charge in [0.15, 0.2) is 5.78 Å². The number of allylic oxidation sites excluding steroid dienone is 5. The quantitative estimate of drug-likeness (QED) is 0.447. The third-order valence-electron chi connectivity index (χ3n) is 3.90. The van der Waals surface area contributed by atoms with Crippen molar-refractivity contribution in [3.63, 3.8) is 0 Å². The number of aldehydes is 1. The maximum Gasteiger partial charge on any atom is 0.176 e. The summed E-state index contributed by atoms with van der Waals surface area (Å²) >= 11 is 0. The van der Waals surface area contributed by atoms with E-state index in [2.05, 4.69) is 19.9 Å². The molecule has 2 rings (SSSR count). The van der Waals surface area contributed by atoms with Gasteiger partial charge in [0.25, 0.3) is 0 Å². The molecule has 0 fully saturated rings. The van der Waals surface area contributed by atoms with Crippen molar-refractivity contribution < 1.29 is 14.3 Å². The molecule has 0 saturated heterocycles. The van der Waals surface area contributed by atoms with E-state index >= 15 is 0 Å². The van der Waals surface area contributed by atoms with Crippen molar-refractivity contribution in [1.29, 1.82) is 0 Å². The summed E-state index contributed by atoms with van der Waals surface area (Å²) in [5.74, 6) is 0.177. The summed E-state index contributed by atoms with van der Waals surface area (Å²) in [5, 5.41) is 0. The van der Waals surface area contributed by atoms with Crippen LogP contribution in [0.5, 0.6) is 0 Å². The molecule has 0 amide bonds. The van der Waals surface area contributed by atoms with Gasteiger partial charge in [0.1, 0.15) is 17.6 Å². The van der Waals surface area contributed by atoms with Crippen LogP contribution in [0.25, 0.3) is 0 Å². The van der Waals surface area contributed by atoms with Crippen molar-refractivity contribution in [3.05, 3.63) is 35.1 Å². The van der Waals surface area contributed by atoms with Crippen molar-refractivity contribution in [1.82, 2.24) is 0 Å². The van der Waals surface area contributed by atoms with Gasteiger partial charge in [-0.2, -0.15) is 0 Å². The van der Waals surface area contributed by atoms with Crippen LogP contribution in [-0.4, -0.2) is 17.7 Å². The molecule has 3 nitrogen and oxygen atoms in total. The predicted octanol–water partition coefficient (Wildman–Crippen LogP) is 3.51. The first-order valence-corrected chi connectivity index (χ1v) is 7.19. The van der Waals surface area contributed by atoms with Gasteiger partial charge in [0, 0.05) is 6.42 Å². The monoisotopic (exact) mass is 274 g/mol. The summed E-state index contributed by atoms with van der Waals surface area (Å²) in [6, 6.07) is 0. The Morgan fingerprint density at radius 3 is 2.90 bits per heavy atom. The highest BCUT2D eigenvalue weighted by Gasteiger charge is 2.35. The number of carbonyl (C=O) groups excluding carboxylic acids is 2. The van der Waals surface area contributed by atoms with Gasteiger partial charge in [0.05, 0.1) is 11.5 Å². The van der Waals surface area contributed by atoms with Crippen molar-refractivity contribution >= 4 is 12.1 Å². The molecule has 0 N–H and O–H groups in total. The Morgan fingerprint density at radius 1 is 1.50 bits per heavy atom. The molecule has 108 valence electrons. The summed E-state index contributed by atoms with van der Waals surface area (Å²) in [6.07, 6.45) is 9.83. The van der Waals surface area contributed by atoms with E-state index in [4.69, 9.17) is 4.74 Å². The Balaban J connectivity index is 2.09. The zero-order chi connectivity index (χ0) is 14.8. The molecular weight excluding hydrogens is 252 g/mol. The third-order valence-corrected chi connectivity index (χ3v) is 3.90. The minimum Gasteiger partial charge on any atom is -0.487 e. The fourth-order valence-electron chi connectivity index (χ4n) is 2.66. The van der Waals surface area contributed by atoms with E-state index in [1.807, 2.05) is 19.1 Å². The summed E-state index contributed by atoms with van der Waals surface area (Å²) in [5.41, 5.74) is 1.54. The van der Waals surface area contributed by atoms with Crippen molar-refractivity contribution in [2.45, 2.75) is 52.1 Å². The Morgan fingerprint density at radius 2 is 2.25 bits per heavy atom. The molecule has 1 heterocycles. The molecule has 2 atom stereocenters. The molecule has 0 saturated carbocycles. The summed E-state index contributed by atoms with van der Waals surface area (Å²) in [6.45, 7) is 6.21. The Kier molecular flexibility index (Phi) is 4.26. The zero-order valence-corrected chi connectivity index (χ0v) is 12.4. The van der Waals surface area contributed by atoms with Gasteiger partial charge in [-0.3, -0.25) is 4.79 Å². The van der Waals surface area contributed by atoms with Crippen molar-refractivity contribution in [3.8, 4) is 0 Å². The molecule has 0 spiro atoms. The SMILES string of the molecule is CC(C)=CCCC1(C)C=CC2=C(CCC(C=O)C2=O)O1. The summed E-state index contributed by atoms with van der Waals surface area (Å²) in [4.78, 5) is 22.9. The highest BCUT2D eigenvalue weighted by atomic mass is 16.5. The van der Waals surface area contributed by atoms with E-state index in [0.717, 1.165) is 24.9 Å². The van der Waals surface area contributed by atoms with Gasteiger partial charge in [-0.1, -0.05) is 11.6 Å². The van der Waals surface area contributed by atoms with Crippen LogP contribution in [0, 0.1) is 5.92 Å². The highest BCUT2D eigenvalue weighted by Crippen LogP contribution is 2.36. The minimum atomic E-state index is -0.489. The number of ketones is 1. The van der Waals surface area contributed by atoms with Gasteiger partial charge < -0.3 is 9.53 Å². The number of ether oxygens (including phenoxy) is 1. The molecule has 0 aromatic rings. The largest absolute Gasteiger partial charge is 0.487 e. The molecule has 2 aliphatic rings. The first-order chi connectivity index (χ1) is 9.45. The van der Waals surface area contributed by atoms with E-state index in [-0.39, 0.29) is 11.4 Å². The first-order valence-electron chi connectivity index (χ1n) is 7.19. The fraction of sp³-hybridized carbons (Fsp3) is 0.529. The molecule has 2 unspecified atom stereocenters. The number of hydrogen-bond acceptors (Lipinski definition) is 3. The van der Waals surface area contributed by atoms with E-state index in [1.54, 1.807) is 0 Å². The molecule has 3 heteroatoms. The smallest absolute Gasteiger partial charge is 0.176 e. The summed E-state index contributed by atoms with van der Waals surface area (Å²) < 4.78 is 6.05. The second-order valence-corrected chi connectivity index (χ2v) is 6.05.